The Morgan fingerprint density at radius 1 is 1.47 bits per heavy atom. The van der Waals surface area contributed by atoms with Crippen LogP contribution in [-0.4, -0.2) is 32.6 Å². The normalized spacial score (nSPS) is 14.5. The Morgan fingerprint density at radius 2 is 2.29 bits per heavy atom. The molecule has 0 spiro atoms. The quantitative estimate of drug-likeness (QED) is 0.830. The minimum Gasteiger partial charge on any atom is -0.383 e. The predicted octanol–water partition coefficient (Wildman–Crippen LogP) is 1.44. The first-order valence-electron chi connectivity index (χ1n) is 6.09. The molecule has 17 heavy (non-hydrogen) atoms. The predicted molar refractivity (Wildman–Crippen MR) is 70.4 cm³/mol. The number of benzene rings is 1. The summed E-state index contributed by atoms with van der Waals surface area (Å²) in [6, 6.07) is 8.28. The molecule has 1 aromatic carbocycles. The van der Waals surface area contributed by atoms with Gasteiger partial charge < -0.3 is 15.5 Å². The lowest BCUT2D eigenvalue weighted by Crippen LogP contribution is -2.29. The maximum atomic E-state index is 11.3. The van der Waals surface area contributed by atoms with Crippen LogP contribution in [0.5, 0.6) is 0 Å². The summed E-state index contributed by atoms with van der Waals surface area (Å²) in [6.07, 6.45) is 1.65. The van der Waals surface area contributed by atoms with Gasteiger partial charge >= 0.3 is 0 Å². The third kappa shape index (κ3) is 2.90. The van der Waals surface area contributed by atoms with Gasteiger partial charge in [0.25, 0.3) is 0 Å². The van der Waals surface area contributed by atoms with E-state index in [0.29, 0.717) is 6.42 Å². The summed E-state index contributed by atoms with van der Waals surface area (Å²) < 4.78 is 0. The molecule has 92 valence electrons. The molecule has 0 unspecified atom stereocenters. The van der Waals surface area contributed by atoms with Gasteiger partial charge in [-0.1, -0.05) is 12.1 Å². The number of carbonyl (C=O) groups is 1. The highest BCUT2D eigenvalue weighted by molar-refractivity contribution is 5.77. The van der Waals surface area contributed by atoms with E-state index >= 15 is 0 Å². The van der Waals surface area contributed by atoms with Gasteiger partial charge in [0, 0.05) is 33.1 Å². The van der Waals surface area contributed by atoms with E-state index in [1.165, 1.54) is 11.4 Å². The number of fused-ring (bicyclic) bond motifs is 1. The molecule has 2 N–H and O–H groups in total. The highest BCUT2D eigenvalue weighted by Crippen LogP contribution is 2.27. The Balaban J connectivity index is 2.09. The molecule has 1 amide bonds. The minimum absolute atomic E-state index is 0.0969. The van der Waals surface area contributed by atoms with Crippen LogP contribution in [0.2, 0.25) is 0 Å². The van der Waals surface area contributed by atoms with Gasteiger partial charge in [-0.15, -0.1) is 0 Å². The summed E-state index contributed by atoms with van der Waals surface area (Å²) in [6.45, 7) is 2.77. The van der Waals surface area contributed by atoms with E-state index < -0.39 is 0 Å². The zero-order valence-corrected chi connectivity index (χ0v) is 10.2. The molecule has 1 aromatic rings. The van der Waals surface area contributed by atoms with Gasteiger partial charge in [-0.25, -0.2) is 0 Å². The monoisotopic (exact) mass is 233 g/mol. The number of carbonyl (C=O) groups excluding carboxylic acids is 1. The molecule has 2 rings (SSSR count). The summed E-state index contributed by atoms with van der Waals surface area (Å²) in [5, 5.41) is 6.08. The smallest absolute Gasteiger partial charge is 0.221 e. The van der Waals surface area contributed by atoms with Crippen molar-refractivity contribution >= 4 is 17.3 Å². The topological polar surface area (TPSA) is 44.4 Å². The largest absolute Gasteiger partial charge is 0.383 e. The molecule has 0 saturated heterocycles. The Kier molecular flexibility index (Phi) is 3.85. The summed E-state index contributed by atoms with van der Waals surface area (Å²) in [7, 11) is 1.68. The maximum Gasteiger partial charge on any atom is 0.221 e. The lowest BCUT2D eigenvalue weighted by molar-refractivity contribution is -0.120. The number of amides is 1. The van der Waals surface area contributed by atoms with Crippen molar-refractivity contribution in [3.8, 4) is 0 Å². The molecule has 0 fully saturated rings. The maximum absolute atomic E-state index is 11.3. The van der Waals surface area contributed by atoms with Crippen LogP contribution >= 0.6 is 0 Å². The van der Waals surface area contributed by atoms with Gasteiger partial charge in [0.2, 0.25) is 5.91 Å². The molecule has 1 aliphatic heterocycles. The van der Waals surface area contributed by atoms with Crippen LogP contribution in [0.25, 0.3) is 0 Å². The zero-order valence-electron chi connectivity index (χ0n) is 10.2. The minimum atomic E-state index is 0.0969. The van der Waals surface area contributed by atoms with E-state index in [1.54, 1.807) is 7.05 Å². The van der Waals surface area contributed by atoms with Crippen LogP contribution in [0, 0.1) is 0 Å². The van der Waals surface area contributed by atoms with E-state index in [2.05, 4.69) is 27.7 Å². The van der Waals surface area contributed by atoms with Crippen LogP contribution in [-0.2, 0) is 4.79 Å². The number of nitrogens with zero attached hydrogens (tertiary/aromatic N) is 1. The molecule has 0 atom stereocenters. The van der Waals surface area contributed by atoms with Crippen LogP contribution in [0.15, 0.2) is 24.3 Å². The van der Waals surface area contributed by atoms with Crippen molar-refractivity contribution in [1.82, 2.24) is 5.32 Å². The highest BCUT2D eigenvalue weighted by atomic mass is 16.1. The highest BCUT2D eigenvalue weighted by Gasteiger charge is 2.14. The SMILES string of the molecule is CNC(=O)CCN1CCCNc2ccccc21. The molecular formula is C13H19N3O. The van der Waals surface area contributed by atoms with Crippen molar-refractivity contribution in [3.63, 3.8) is 0 Å². The lowest BCUT2D eigenvalue weighted by atomic mass is 10.2. The van der Waals surface area contributed by atoms with E-state index in [1.807, 2.05) is 12.1 Å². The Morgan fingerprint density at radius 3 is 3.12 bits per heavy atom. The average Bonchev–Trinajstić information content (AvgIpc) is 2.58. The van der Waals surface area contributed by atoms with Crippen molar-refractivity contribution < 1.29 is 4.79 Å². The van der Waals surface area contributed by atoms with Gasteiger partial charge in [-0.05, 0) is 18.6 Å². The third-order valence-corrected chi connectivity index (χ3v) is 3.05. The molecule has 0 radical (unpaired) electrons. The van der Waals surface area contributed by atoms with Crippen molar-refractivity contribution in [2.45, 2.75) is 12.8 Å². The molecule has 4 nitrogen and oxygen atoms in total. The van der Waals surface area contributed by atoms with E-state index in [4.69, 9.17) is 0 Å². The van der Waals surface area contributed by atoms with Crippen molar-refractivity contribution in [1.29, 1.82) is 0 Å². The number of anilines is 2. The fraction of sp³-hybridized carbons (Fsp3) is 0.462. The average molecular weight is 233 g/mol. The van der Waals surface area contributed by atoms with Gasteiger partial charge in [0.15, 0.2) is 0 Å². The first-order valence-corrected chi connectivity index (χ1v) is 6.09. The summed E-state index contributed by atoms with van der Waals surface area (Å²) in [4.78, 5) is 13.6. The molecule has 0 saturated carbocycles. The van der Waals surface area contributed by atoms with Crippen LogP contribution in [0.1, 0.15) is 12.8 Å². The van der Waals surface area contributed by atoms with Crippen LogP contribution < -0.4 is 15.5 Å². The van der Waals surface area contributed by atoms with Gasteiger partial charge in [0.05, 0.1) is 11.4 Å². The van der Waals surface area contributed by atoms with Gasteiger partial charge in [-0.2, -0.15) is 0 Å². The van der Waals surface area contributed by atoms with Crippen LogP contribution in [0.3, 0.4) is 0 Å². The number of rotatable bonds is 3. The second-order valence-corrected chi connectivity index (χ2v) is 4.21. The second kappa shape index (κ2) is 5.57. The number of hydrogen-bond donors (Lipinski definition) is 2. The third-order valence-electron chi connectivity index (χ3n) is 3.05. The molecule has 1 aliphatic rings. The van der Waals surface area contributed by atoms with Crippen molar-refractivity contribution in [2.75, 3.05) is 36.9 Å². The van der Waals surface area contributed by atoms with E-state index in [-0.39, 0.29) is 5.91 Å². The van der Waals surface area contributed by atoms with Gasteiger partial charge in [0.1, 0.15) is 0 Å². The molecule has 1 heterocycles. The Bertz CT molecular complexity index is 392. The van der Waals surface area contributed by atoms with Gasteiger partial charge in [-0.3, -0.25) is 4.79 Å². The Labute approximate surface area is 102 Å². The first-order chi connectivity index (χ1) is 8.31. The molecule has 4 heteroatoms. The molecule has 0 aromatic heterocycles. The molecule has 0 bridgehead atoms. The fourth-order valence-corrected chi connectivity index (χ4v) is 2.11. The summed E-state index contributed by atoms with van der Waals surface area (Å²) >= 11 is 0. The van der Waals surface area contributed by atoms with Crippen molar-refractivity contribution in [3.05, 3.63) is 24.3 Å². The molecule has 0 aliphatic carbocycles. The Hall–Kier alpha value is -1.71. The fourth-order valence-electron chi connectivity index (χ4n) is 2.11. The lowest BCUT2D eigenvalue weighted by Gasteiger charge is -2.23. The molecular weight excluding hydrogens is 214 g/mol. The second-order valence-electron chi connectivity index (χ2n) is 4.21. The first kappa shape index (κ1) is 11.8. The zero-order chi connectivity index (χ0) is 12.1. The van der Waals surface area contributed by atoms with Crippen molar-refractivity contribution in [2.24, 2.45) is 0 Å². The van der Waals surface area contributed by atoms with Crippen LogP contribution in [0.4, 0.5) is 11.4 Å². The summed E-state index contributed by atoms with van der Waals surface area (Å²) in [5.74, 6) is 0.0969. The number of para-hydroxylation sites is 2. The van der Waals surface area contributed by atoms with E-state index in [0.717, 1.165) is 26.1 Å². The summed E-state index contributed by atoms with van der Waals surface area (Å²) in [5.41, 5.74) is 2.37. The number of hydrogen-bond acceptors (Lipinski definition) is 3. The number of nitrogens with one attached hydrogen (secondary N) is 2. The standard InChI is InChI=1S/C13H19N3O/c1-14-13(17)7-10-16-9-4-8-15-11-5-2-3-6-12(11)16/h2-3,5-6,15H,4,7-10H2,1H3,(H,14,17). The van der Waals surface area contributed by atoms with E-state index in [9.17, 15) is 4.79 Å².